The molecule has 0 saturated carbocycles. The fourth-order valence-electron chi connectivity index (χ4n) is 1.59. The number of aromatic hydroxyl groups is 3. The Labute approximate surface area is 84.0 Å². The molecule has 2 rings (SSSR count). The van der Waals surface area contributed by atoms with Gasteiger partial charge in [-0.15, -0.1) is 0 Å². The van der Waals surface area contributed by atoms with E-state index in [0.29, 0.717) is 0 Å². The molecule has 0 fully saturated rings. The predicted octanol–water partition coefficient (Wildman–Crippen LogP) is 0.273. The average Bonchev–Trinajstić information content (AvgIpc) is 2.47. The van der Waals surface area contributed by atoms with Gasteiger partial charge in [0.25, 0.3) is 0 Å². The lowest BCUT2D eigenvalue weighted by atomic mass is 10.0. The van der Waals surface area contributed by atoms with Gasteiger partial charge in [-0.25, -0.2) is 4.79 Å². The molecule has 1 aliphatic heterocycles. The quantitative estimate of drug-likeness (QED) is 0.363. The van der Waals surface area contributed by atoms with Crippen molar-refractivity contribution in [2.24, 2.45) is 0 Å². The molecular formula is C9H8O6. The number of hydrogen-bond donors (Lipinski definition) is 4. The molecule has 0 aromatic heterocycles. The summed E-state index contributed by atoms with van der Waals surface area (Å²) in [6, 6.07) is 0. The summed E-state index contributed by atoms with van der Waals surface area (Å²) >= 11 is 0. The van der Waals surface area contributed by atoms with Gasteiger partial charge in [0, 0.05) is 11.1 Å². The van der Waals surface area contributed by atoms with Gasteiger partial charge < -0.3 is 25.2 Å². The molecular weight excluding hydrogens is 204 g/mol. The van der Waals surface area contributed by atoms with E-state index in [2.05, 4.69) is 4.74 Å². The molecule has 0 bridgehead atoms. The molecule has 15 heavy (non-hydrogen) atoms. The highest BCUT2D eigenvalue weighted by Crippen LogP contribution is 2.47. The summed E-state index contributed by atoms with van der Waals surface area (Å²) in [4.78, 5) is 11.2. The maximum atomic E-state index is 11.2. The van der Waals surface area contributed by atoms with Crippen LogP contribution < -0.4 is 0 Å². The van der Waals surface area contributed by atoms with Crippen LogP contribution in [0.15, 0.2) is 0 Å². The number of fused-ring (bicyclic) bond motifs is 1. The summed E-state index contributed by atoms with van der Waals surface area (Å²) < 4.78 is 4.44. The molecule has 0 amide bonds. The Morgan fingerprint density at radius 1 is 1.13 bits per heavy atom. The number of ether oxygens (including phenoxy) is 1. The van der Waals surface area contributed by atoms with Crippen molar-refractivity contribution in [3.05, 3.63) is 16.7 Å². The Bertz CT molecular complexity index is 464. The summed E-state index contributed by atoms with van der Waals surface area (Å²) in [6.45, 7) is 1.39. The number of cyclic esters (lactones) is 1. The number of aliphatic hydroxyl groups is 1. The molecule has 6 nitrogen and oxygen atoms in total. The average molecular weight is 212 g/mol. The molecule has 6 heteroatoms. The van der Waals surface area contributed by atoms with E-state index in [4.69, 9.17) is 0 Å². The van der Waals surface area contributed by atoms with Crippen molar-refractivity contribution >= 4 is 5.97 Å². The number of esters is 1. The summed E-state index contributed by atoms with van der Waals surface area (Å²) in [6.07, 6.45) is -1.52. The second-order valence-electron chi connectivity index (χ2n) is 3.22. The zero-order chi connectivity index (χ0) is 11.3. The van der Waals surface area contributed by atoms with Crippen LogP contribution in [0.4, 0.5) is 0 Å². The van der Waals surface area contributed by atoms with Gasteiger partial charge in [-0.2, -0.15) is 0 Å². The Morgan fingerprint density at radius 2 is 1.73 bits per heavy atom. The molecule has 1 unspecified atom stereocenters. The lowest BCUT2D eigenvalue weighted by Gasteiger charge is -2.09. The van der Waals surface area contributed by atoms with E-state index >= 15 is 0 Å². The molecule has 1 atom stereocenters. The van der Waals surface area contributed by atoms with Crippen LogP contribution in [0.1, 0.15) is 27.8 Å². The largest absolute Gasteiger partial charge is 0.504 e. The minimum atomic E-state index is -1.52. The third-order valence-electron chi connectivity index (χ3n) is 2.38. The number of carbonyl (C=O) groups excluding carboxylic acids is 1. The number of benzene rings is 1. The zero-order valence-electron chi connectivity index (χ0n) is 7.68. The van der Waals surface area contributed by atoms with E-state index in [1.165, 1.54) is 6.92 Å². The maximum absolute atomic E-state index is 11.2. The van der Waals surface area contributed by atoms with Gasteiger partial charge in [0.05, 0.1) is 0 Å². The van der Waals surface area contributed by atoms with E-state index in [0.717, 1.165) is 0 Å². The molecule has 1 aromatic carbocycles. The van der Waals surface area contributed by atoms with Crippen LogP contribution in [-0.4, -0.2) is 26.4 Å². The van der Waals surface area contributed by atoms with E-state index < -0.39 is 29.5 Å². The van der Waals surface area contributed by atoms with Crippen LogP contribution in [0.2, 0.25) is 0 Å². The Balaban J connectivity index is 2.86. The van der Waals surface area contributed by atoms with Crippen molar-refractivity contribution in [3.63, 3.8) is 0 Å². The van der Waals surface area contributed by atoms with E-state index in [1.807, 2.05) is 0 Å². The van der Waals surface area contributed by atoms with Gasteiger partial charge in [0.15, 0.2) is 11.5 Å². The number of hydrogen-bond acceptors (Lipinski definition) is 6. The first-order chi connectivity index (χ1) is 6.95. The molecule has 1 heterocycles. The smallest absolute Gasteiger partial charge is 0.345 e. The van der Waals surface area contributed by atoms with Crippen molar-refractivity contribution in [1.29, 1.82) is 0 Å². The summed E-state index contributed by atoms with van der Waals surface area (Å²) in [5.74, 6) is -3.09. The fraction of sp³-hybridized carbons (Fsp3) is 0.222. The van der Waals surface area contributed by atoms with E-state index in [1.54, 1.807) is 0 Å². The second kappa shape index (κ2) is 2.77. The number of rotatable bonds is 0. The zero-order valence-corrected chi connectivity index (χ0v) is 7.68. The van der Waals surface area contributed by atoms with Crippen LogP contribution in [0.3, 0.4) is 0 Å². The molecule has 80 valence electrons. The third-order valence-corrected chi connectivity index (χ3v) is 2.38. The first kappa shape index (κ1) is 9.60. The number of phenols is 3. The van der Waals surface area contributed by atoms with Gasteiger partial charge in [0.2, 0.25) is 12.0 Å². The topological polar surface area (TPSA) is 107 Å². The highest BCUT2D eigenvalue weighted by Gasteiger charge is 2.37. The Hall–Kier alpha value is -1.95. The normalized spacial score (nSPS) is 18.8. The summed E-state index contributed by atoms with van der Waals surface area (Å²) in [5.41, 5.74) is -0.234. The minimum Gasteiger partial charge on any atom is -0.504 e. The summed E-state index contributed by atoms with van der Waals surface area (Å²) in [7, 11) is 0. The van der Waals surface area contributed by atoms with Crippen LogP contribution in [0, 0.1) is 6.92 Å². The van der Waals surface area contributed by atoms with Crippen molar-refractivity contribution in [1.82, 2.24) is 0 Å². The highest BCUT2D eigenvalue weighted by atomic mass is 16.6. The lowest BCUT2D eigenvalue weighted by molar-refractivity contribution is -0.0551. The Kier molecular flexibility index (Phi) is 1.77. The lowest BCUT2D eigenvalue weighted by Crippen LogP contribution is -1.96. The van der Waals surface area contributed by atoms with Crippen LogP contribution in [-0.2, 0) is 4.74 Å². The molecule has 0 spiro atoms. The van der Waals surface area contributed by atoms with Crippen molar-refractivity contribution in [2.45, 2.75) is 13.2 Å². The standard InChI is InChI=1S/C9H8O6/c1-2-3-4(9(14)15-8(3)13)6(11)7(12)5(2)10/h8,10-13H,1H3. The first-order valence-electron chi connectivity index (χ1n) is 4.11. The fourth-order valence-corrected chi connectivity index (χ4v) is 1.59. The van der Waals surface area contributed by atoms with Crippen LogP contribution in [0.25, 0.3) is 0 Å². The molecule has 1 aliphatic rings. The van der Waals surface area contributed by atoms with E-state index in [-0.39, 0.29) is 16.7 Å². The molecule has 1 aromatic rings. The Morgan fingerprint density at radius 3 is 2.33 bits per heavy atom. The molecule has 4 N–H and O–H groups in total. The van der Waals surface area contributed by atoms with Gasteiger partial charge in [-0.3, -0.25) is 0 Å². The van der Waals surface area contributed by atoms with Crippen molar-refractivity contribution in [3.8, 4) is 17.2 Å². The SMILES string of the molecule is Cc1c(O)c(O)c(O)c2c1C(O)OC2=O. The van der Waals surface area contributed by atoms with Gasteiger partial charge in [-0.1, -0.05) is 0 Å². The molecule has 0 radical (unpaired) electrons. The maximum Gasteiger partial charge on any atom is 0.345 e. The molecule has 0 saturated heterocycles. The van der Waals surface area contributed by atoms with Gasteiger partial charge >= 0.3 is 5.97 Å². The van der Waals surface area contributed by atoms with Gasteiger partial charge in [0.1, 0.15) is 5.56 Å². The highest BCUT2D eigenvalue weighted by molar-refractivity contribution is 5.99. The third kappa shape index (κ3) is 1.05. The van der Waals surface area contributed by atoms with Crippen molar-refractivity contribution in [2.75, 3.05) is 0 Å². The summed E-state index contributed by atoms with van der Waals surface area (Å²) in [5, 5.41) is 37.3. The first-order valence-corrected chi connectivity index (χ1v) is 4.11. The predicted molar refractivity (Wildman–Crippen MR) is 46.5 cm³/mol. The van der Waals surface area contributed by atoms with Crippen LogP contribution in [0.5, 0.6) is 17.2 Å². The molecule has 0 aliphatic carbocycles. The minimum absolute atomic E-state index is 0.0206. The number of carbonyl (C=O) groups is 1. The van der Waals surface area contributed by atoms with Crippen molar-refractivity contribution < 1.29 is 30.0 Å². The monoisotopic (exact) mass is 212 g/mol. The number of aliphatic hydroxyl groups excluding tert-OH is 1. The number of phenolic OH excluding ortho intramolecular Hbond substituents is 3. The van der Waals surface area contributed by atoms with Crippen LogP contribution >= 0.6 is 0 Å². The second-order valence-corrected chi connectivity index (χ2v) is 3.22. The van der Waals surface area contributed by atoms with E-state index in [9.17, 15) is 25.2 Å². The van der Waals surface area contributed by atoms with Gasteiger partial charge in [-0.05, 0) is 6.92 Å².